The Labute approximate surface area is 158 Å². The van der Waals surface area contributed by atoms with E-state index in [2.05, 4.69) is 17.2 Å². The lowest BCUT2D eigenvalue weighted by atomic mass is 10.1. The Kier molecular flexibility index (Phi) is 6.09. The summed E-state index contributed by atoms with van der Waals surface area (Å²) in [5, 5.41) is 3.65. The highest BCUT2D eigenvalue weighted by Gasteiger charge is 2.04. The quantitative estimate of drug-likeness (QED) is 0.671. The number of carbonyl (C=O) groups is 1. The van der Waals surface area contributed by atoms with Gasteiger partial charge in [-0.15, -0.1) is 0 Å². The highest BCUT2D eigenvalue weighted by molar-refractivity contribution is 6.30. The third-order valence-electron chi connectivity index (χ3n) is 3.88. The molecule has 0 unspecified atom stereocenters. The van der Waals surface area contributed by atoms with Gasteiger partial charge in [0.25, 0.3) is 5.91 Å². The first-order chi connectivity index (χ1) is 12.7. The third-order valence-corrected chi connectivity index (χ3v) is 4.14. The molecule has 0 aliphatic carbocycles. The van der Waals surface area contributed by atoms with Crippen molar-refractivity contribution in [3.8, 4) is 11.8 Å². The second-order valence-electron chi connectivity index (χ2n) is 5.83. The molecule has 0 saturated heterocycles. The molecule has 2 nitrogen and oxygen atoms in total. The largest absolute Gasteiger partial charge is 0.352 e. The normalized spacial score (nSPS) is 9.88. The summed E-state index contributed by atoms with van der Waals surface area (Å²) < 4.78 is 0. The first-order valence-corrected chi connectivity index (χ1v) is 8.78. The Morgan fingerprint density at radius 2 is 1.42 bits per heavy atom. The van der Waals surface area contributed by atoms with E-state index in [-0.39, 0.29) is 5.91 Å². The highest BCUT2D eigenvalue weighted by atomic mass is 35.5. The molecule has 128 valence electrons. The lowest BCUT2D eigenvalue weighted by Gasteiger charge is -2.06. The molecule has 0 aromatic heterocycles. The van der Waals surface area contributed by atoms with E-state index in [1.54, 1.807) is 12.1 Å². The van der Waals surface area contributed by atoms with Gasteiger partial charge in [-0.2, -0.15) is 0 Å². The summed E-state index contributed by atoms with van der Waals surface area (Å²) in [5.74, 6) is 6.13. The van der Waals surface area contributed by atoms with E-state index in [1.165, 1.54) is 0 Å². The van der Waals surface area contributed by atoms with E-state index in [1.807, 2.05) is 66.7 Å². The van der Waals surface area contributed by atoms with Gasteiger partial charge in [0.05, 0.1) is 0 Å². The summed E-state index contributed by atoms with van der Waals surface area (Å²) in [6, 6.07) is 24.8. The van der Waals surface area contributed by atoms with Gasteiger partial charge < -0.3 is 5.32 Å². The van der Waals surface area contributed by atoms with Gasteiger partial charge in [0.1, 0.15) is 0 Å². The summed E-state index contributed by atoms with van der Waals surface area (Å²) in [5.41, 5.74) is 3.62. The van der Waals surface area contributed by atoms with Crippen LogP contribution in [0.25, 0.3) is 0 Å². The first kappa shape index (κ1) is 17.8. The van der Waals surface area contributed by atoms with Crippen LogP contribution in [0.15, 0.2) is 78.9 Å². The van der Waals surface area contributed by atoms with E-state index in [9.17, 15) is 4.79 Å². The van der Waals surface area contributed by atoms with Crippen molar-refractivity contribution in [2.45, 2.75) is 6.42 Å². The minimum Gasteiger partial charge on any atom is -0.352 e. The van der Waals surface area contributed by atoms with Crippen molar-refractivity contribution in [3.63, 3.8) is 0 Å². The number of carbonyl (C=O) groups excluding carboxylic acids is 1. The molecule has 0 fully saturated rings. The number of amides is 1. The average molecular weight is 360 g/mol. The van der Waals surface area contributed by atoms with Gasteiger partial charge >= 0.3 is 0 Å². The molecule has 0 aliphatic rings. The Bertz CT molecular complexity index is 920. The van der Waals surface area contributed by atoms with Gasteiger partial charge in [-0.3, -0.25) is 4.79 Å². The van der Waals surface area contributed by atoms with Crippen LogP contribution in [0.2, 0.25) is 5.02 Å². The summed E-state index contributed by atoms with van der Waals surface area (Å²) in [6.45, 7) is 0.579. The molecule has 1 N–H and O–H groups in total. The van der Waals surface area contributed by atoms with Crippen molar-refractivity contribution in [1.29, 1.82) is 0 Å². The number of halogens is 1. The van der Waals surface area contributed by atoms with E-state index in [0.29, 0.717) is 17.1 Å². The van der Waals surface area contributed by atoms with Gasteiger partial charge in [0.15, 0.2) is 0 Å². The predicted molar refractivity (Wildman–Crippen MR) is 106 cm³/mol. The van der Waals surface area contributed by atoms with Crippen molar-refractivity contribution in [1.82, 2.24) is 5.32 Å². The second-order valence-corrected chi connectivity index (χ2v) is 6.26. The van der Waals surface area contributed by atoms with Crippen LogP contribution in [0, 0.1) is 11.8 Å². The molecule has 0 bridgehead atoms. The van der Waals surface area contributed by atoms with Crippen LogP contribution in [-0.4, -0.2) is 12.5 Å². The Morgan fingerprint density at radius 3 is 2.08 bits per heavy atom. The first-order valence-electron chi connectivity index (χ1n) is 8.40. The van der Waals surface area contributed by atoms with E-state index >= 15 is 0 Å². The highest BCUT2D eigenvalue weighted by Crippen LogP contribution is 2.10. The van der Waals surface area contributed by atoms with E-state index in [4.69, 9.17) is 11.6 Å². The predicted octanol–water partition coefficient (Wildman–Crippen LogP) is 4.71. The minimum absolute atomic E-state index is 0.0819. The molecule has 0 saturated carbocycles. The smallest absolute Gasteiger partial charge is 0.251 e. The second kappa shape index (κ2) is 8.89. The van der Waals surface area contributed by atoms with Crippen LogP contribution in [0.1, 0.15) is 27.0 Å². The van der Waals surface area contributed by atoms with Gasteiger partial charge in [-0.25, -0.2) is 0 Å². The van der Waals surface area contributed by atoms with E-state index in [0.717, 1.165) is 23.1 Å². The molecule has 3 aromatic carbocycles. The minimum atomic E-state index is -0.0819. The molecule has 0 spiro atoms. The molecule has 0 atom stereocenters. The molecule has 0 radical (unpaired) electrons. The molecule has 0 heterocycles. The molecule has 3 rings (SSSR count). The SMILES string of the molecule is O=C(NCCc1ccc(Cl)cc1)c1ccc(C#Cc2ccccc2)cc1. The standard InChI is InChI=1S/C23H18ClNO/c24-22-14-10-20(11-15-22)16-17-25-23(26)21-12-8-19(9-13-21)7-6-18-4-2-1-3-5-18/h1-5,8-15H,16-17H2,(H,25,26). The summed E-state index contributed by atoms with van der Waals surface area (Å²) in [4.78, 5) is 12.2. The average Bonchev–Trinajstić information content (AvgIpc) is 2.69. The third kappa shape index (κ3) is 5.24. The van der Waals surface area contributed by atoms with Gasteiger partial charge in [0, 0.05) is 28.3 Å². The number of rotatable bonds is 4. The van der Waals surface area contributed by atoms with Gasteiger partial charge in [-0.1, -0.05) is 53.8 Å². The van der Waals surface area contributed by atoms with Gasteiger partial charge in [-0.05, 0) is 60.5 Å². The van der Waals surface area contributed by atoms with Crippen LogP contribution in [-0.2, 0) is 6.42 Å². The van der Waals surface area contributed by atoms with Crippen LogP contribution in [0.3, 0.4) is 0 Å². The maximum atomic E-state index is 12.2. The van der Waals surface area contributed by atoms with E-state index < -0.39 is 0 Å². The fourth-order valence-electron chi connectivity index (χ4n) is 2.44. The molecule has 0 aliphatic heterocycles. The van der Waals surface area contributed by atoms with Gasteiger partial charge in [0.2, 0.25) is 0 Å². The van der Waals surface area contributed by atoms with Crippen LogP contribution < -0.4 is 5.32 Å². The van der Waals surface area contributed by atoms with Crippen molar-refractivity contribution in [2.75, 3.05) is 6.54 Å². The lowest BCUT2D eigenvalue weighted by Crippen LogP contribution is -2.25. The number of benzene rings is 3. The Hall–Kier alpha value is -3.02. The summed E-state index contributed by atoms with van der Waals surface area (Å²) in [6.07, 6.45) is 0.767. The molecular weight excluding hydrogens is 342 g/mol. The summed E-state index contributed by atoms with van der Waals surface area (Å²) >= 11 is 5.87. The van der Waals surface area contributed by atoms with Crippen LogP contribution >= 0.6 is 11.6 Å². The fourth-order valence-corrected chi connectivity index (χ4v) is 2.57. The van der Waals surface area contributed by atoms with Crippen LogP contribution in [0.4, 0.5) is 0 Å². The summed E-state index contributed by atoms with van der Waals surface area (Å²) in [7, 11) is 0. The maximum Gasteiger partial charge on any atom is 0.251 e. The number of hydrogen-bond acceptors (Lipinski definition) is 1. The lowest BCUT2D eigenvalue weighted by molar-refractivity contribution is 0.0954. The van der Waals surface area contributed by atoms with Crippen LogP contribution in [0.5, 0.6) is 0 Å². The van der Waals surface area contributed by atoms with Crippen molar-refractivity contribution < 1.29 is 4.79 Å². The Morgan fingerprint density at radius 1 is 0.808 bits per heavy atom. The zero-order chi connectivity index (χ0) is 18.2. The van der Waals surface area contributed by atoms with Crippen molar-refractivity contribution >= 4 is 17.5 Å². The molecule has 1 amide bonds. The number of nitrogens with one attached hydrogen (secondary N) is 1. The monoisotopic (exact) mass is 359 g/mol. The molecular formula is C23H18ClNO. The molecule has 26 heavy (non-hydrogen) atoms. The molecule has 3 heteroatoms. The van der Waals surface area contributed by atoms with Crippen molar-refractivity contribution in [2.24, 2.45) is 0 Å². The fraction of sp³-hybridized carbons (Fsp3) is 0.0870. The zero-order valence-electron chi connectivity index (χ0n) is 14.2. The zero-order valence-corrected chi connectivity index (χ0v) is 15.0. The number of hydrogen-bond donors (Lipinski definition) is 1. The maximum absolute atomic E-state index is 12.2. The Balaban J connectivity index is 1.53. The van der Waals surface area contributed by atoms with Crippen molar-refractivity contribution in [3.05, 3.63) is 106 Å². The molecule has 3 aromatic rings. The topological polar surface area (TPSA) is 29.1 Å².